The van der Waals surface area contributed by atoms with Crippen LogP contribution in [-0.4, -0.2) is 31.3 Å². The van der Waals surface area contributed by atoms with Crippen molar-refractivity contribution in [1.29, 1.82) is 0 Å². The molecule has 0 aliphatic heterocycles. The molecule has 0 fully saturated rings. The maximum Gasteiger partial charge on any atom is 0.306 e. The SMILES string of the molecule is COc1ccc(C(=O)COC(=O)CCC(=O)c2ccc(C)c(C)c2)cc1Cl. The van der Waals surface area contributed by atoms with Crippen molar-refractivity contribution in [3.63, 3.8) is 0 Å². The van der Waals surface area contributed by atoms with Crippen molar-refractivity contribution in [2.45, 2.75) is 26.7 Å². The molecule has 0 amide bonds. The molecule has 0 aromatic heterocycles. The zero-order chi connectivity index (χ0) is 20.0. The molecule has 0 aliphatic rings. The molecule has 6 heteroatoms. The van der Waals surface area contributed by atoms with Gasteiger partial charge in [-0.05, 0) is 49.2 Å². The molecule has 0 radical (unpaired) electrons. The molecule has 142 valence electrons. The Kier molecular flexibility index (Phi) is 7.13. The van der Waals surface area contributed by atoms with Crippen LogP contribution in [0.25, 0.3) is 0 Å². The molecule has 0 saturated carbocycles. The van der Waals surface area contributed by atoms with Crippen molar-refractivity contribution < 1.29 is 23.9 Å². The van der Waals surface area contributed by atoms with E-state index in [1.807, 2.05) is 19.9 Å². The lowest BCUT2D eigenvalue weighted by Crippen LogP contribution is -2.15. The molecule has 0 heterocycles. The standard InChI is InChI=1S/C21H21ClO5/c1-13-4-5-15(10-14(13)2)18(23)7-9-21(25)27-12-19(24)16-6-8-20(26-3)17(22)11-16/h4-6,8,10-11H,7,9,12H2,1-3H3. The lowest BCUT2D eigenvalue weighted by atomic mass is 10.0. The second-order valence-corrected chi connectivity index (χ2v) is 6.56. The minimum Gasteiger partial charge on any atom is -0.495 e. The molecule has 0 bridgehead atoms. The number of esters is 1. The highest BCUT2D eigenvalue weighted by atomic mass is 35.5. The summed E-state index contributed by atoms with van der Waals surface area (Å²) in [7, 11) is 1.48. The molecular formula is C21H21ClO5. The highest BCUT2D eigenvalue weighted by Gasteiger charge is 2.14. The van der Waals surface area contributed by atoms with E-state index < -0.39 is 12.6 Å². The fourth-order valence-corrected chi connectivity index (χ4v) is 2.67. The van der Waals surface area contributed by atoms with Gasteiger partial charge in [0.15, 0.2) is 18.2 Å². The predicted octanol–water partition coefficient (Wildman–Crippen LogP) is 4.35. The van der Waals surface area contributed by atoms with Crippen molar-refractivity contribution in [3.05, 3.63) is 63.7 Å². The van der Waals surface area contributed by atoms with Crippen molar-refractivity contribution in [3.8, 4) is 5.75 Å². The third kappa shape index (κ3) is 5.66. The zero-order valence-electron chi connectivity index (χ0n) is 15.5. The Morgan fingerprint density at radius 1 is 0.889 bits per heavy atom. The molecular weight excluding hydrogens is 368 g/mol. The van der Waals surface area contributed by atoms with Crippen LogP contribution in [0.1, 0.15) is 44.7 Å². The monoisotopic (exact) mass is 388 g/mol. The molecule has 0 atom stereocenters. The Hall–Kier alpha value is -2.66. The summed E-state index contributed by atoms with van der Waals surface area (Å²) in [5.74, 6) is -0.660. The van der Waals surface area contributed by atoms with Gasteiger partial charge in [-0.15, -0.1) is 0 Å². The molecule has 0 unspecified atom stereocenters. The van der Waals surface area contributed by atoms with Crippen LogP contribution < -0.4 is 4.74 Å². The Morgan fingerprint density at radius 3 is 2.19 bits per heavy atom. The highest BCUT2D eigenvalue weighted by Crippen LogP contribution is 2.25. The second-order valence-electron chi connectivity index (χ2n) is 6.16. The molecule has 0 aliphatic carbocycles. The Balaban J connectivity index is 1.83. The first-order valence-corrected chi connectivity index (χ1v) is 8.82. The van der Waals surface area contributed by atoms with Gasteiger partial charge in [-0.2, -0.15) is 0 Å². The number of rotatable bonds is 8. The summed E-state index contributed by atoms with van der Waals surface area (Å²) >= 11 is 5.98. The van der Waals surface area contributed by atoms with Crippen LogP contribution in [0, 0.1) is 13.8 Å². The number of ether oxygens (including phenoxy) is 2. The van der Waals surface area contributed by atoms with Gasteiger partial charge < -0.3 is 9.47 Å². The van der Waals surface area contributed by atoms with Gasteiger partial charge in [0.25, 0.3) is 0 Å². The van der Waals surface area contributed by atoms with E-state index in [4.69, 9.17) is 21.1 Å². The number of hydrogen-bond donors (Lipinski definition) is 0. The van der Waals surface area contributed by atoms with E-state index in [1.165, 1.54) is 13.2 Å². The van der Waals surface area contributed by atoms with Crippen LogP contribution >= 0.6 is 11.6 Å². The number of Topliss-reactive ketones (excluding diaryl/α,β-unsaturated/α-hetero) is 2. The summed E-state index contributed by atoms with van der Waals surface area (Å²) in [6.45, 7) is 3.49. The van der Waals surface area contributed by atoms with Gasteiger partial charge in [-0.25, -0.2) is 0 Å². The van der Waals surface area contributed by atoms with Crippen LogP contribution in [0.15, 0.2) is 36.4 Å². The summed E-state index contributed by atoms with van der Waals surface area (Å²) < 4.78 is 9.99. The number of carbonyl (C=O) groups excluding carboxylic acids is 3. The van der Waals surface area contributed by atoms with Gasteiger partial charge in [-0.1, -0.05) is 23.7 Å². The van der Waals surface area contributed by atoms with Crippen LogP contribution in [0.4, 0.5) is 0 Å². The van der Waals surface area contributed by atoms with E-state index in [9.17, 15) is 14.4 Å². The number of hydrogen-bond acceptors (Lipinski definition) is 5. The van der Waals surface area contributed by atoms with Crippen molar-refractivity contribution in [1.82, 2.24) is 0 Å². The van der Waals surface area contributed by atoms with E-state index in [0.29, 0.717) is 21.9 Å². The van der Waals surface area contributed by atoms with E-state index in [0.717, 1.165) is 11.1 Å². The zero-order valence-corrected chi connectivity index (χ0v) is 16.3. The van der Waals surface area contributed by atoms with Gasteiger partial charge in [0, 0.05) is 17.5 Å². The predicted molar refractivity (Wildman–Crippen MR) is 103 cm³/mol. The third-order valence-electron chi connectivity index (χ3n) is 4.22. The van der Waals surface area contributed by atoms with E-state index in [2.05, 4.69) is 0 Å². The summed E-state index contributed by atoms with van der Waals surface area (Å²) in [5.41, 5.74) is 3.00. The number of carbonyl (C=O) groups is 3. The third-order valence-corrected chi connectivity index (χ3v) is 4.52. The van der Waals surface area contributed by atoms with Gasteiger partial charge in [0.2, 0.25) is 0 Å². The molecule has 2 aromatic rings. The first kappa shape index (κ1) is 20.6. The lowest BCUT2D eigenvalue weighted by molar-refractivity contribution is -0.142. The topological polar surface area (TPSA) is 69.7 Å². The van der Waals surface area contributed by atoms with Crippen LogP contribution in [0.2, 0.25) is 5.02 Å². The molecule has 0 N–H and O–H groups in total. The average Bonchev–Trinajstić information content (AvgIpc) is 2.66. The first-order chi connectivity index (χ1) is 12.8. The van der Waals surface area contributed by atoms with Gasteiger partial charge in [0.05, 0.1) is 18.6 Å². The van der Waals surface area contributed by atoms with Crippen LogP contribution in [0.5, 0.6) is 5.75 Å². The summed E-state index contributed by atoms with van der Waals surface area (Å²) in [5, 5.41) is 0.300. The number of aryl methyl sites for hydroxylation is 2. The van der Waals surface area contributed by atoms with Crippen LogP contribution in [-0.2, 0) is 9.53 Å². The van der Waals surface area contributed by atoms with E-state index >= 15 is 0 Å². The van der Waals surface area contributed by atoms with Crippen molar-refractivity contribution in [2.75, 3.05) is 13.7 Å². The van der Waals surface area contributed by atoms with Gasteiger partial charge >= 0.3 is 5.97 Å². The van der Waals surface area contributed by atoms with Crippen molar-refractivity contribution in [2.24, 2.45) is 0 Å². The quantitative estimate of drug-likeness (QED) is 0.496. The molecule has 0 saturated heterocycles. The Morgan fingerprint density at radius 2 is 1.56 bits per heavy atom. The fraction of sp³-hybridized carbons (Fsp3) is 0.286. The van der Waals surface area contributed by atoms with E-state index in [-0.39, 0.29) is 24.4 Å². The Labute approximate surface area is 163 Å². The first-order valence-electron chi connectivity index (χ1n) is 8.44. The summed E-state index contributed by atoms with van der Waals surface area (Å²) in [6, 6.07) is 10.00. The number of benzene rings is 2. The lowest BCUT2D eigenvalue weighted by Gasteiger charge is -2.07. The number of methoxy groups -OCH3 is 1. The normalized spacial score (nSPS) is 10.4. The maximum atomic E-state index is 12.2. The molecule has 2 rings (SSSR count). The minimum absolute atomic E-state index is 0.0316. The molecule has 27 heavy (non-hydrogen) atoms. The molecule has 2 aromatic carbocycles. The largest absolute Gasteiger partial charge is 0.495 e. The van der Waals surface area contributed by atoms with Gasteiger partial charge in [-0.3, -0.25) is 14.4 Å². The highest BCUT2D eigenvalue weighted by molar-refractivity contribution is 6.32. The van der Waals surface area contributed by atoms with Gasteiger partial charge in [0.1, 0.15) is 5.75 Å². The molecule has 0 spiro atoms. The second kappa shape index (κ2) is 9.33. The Bertz CT molecular complexity index is 873. The van der Waals surface area contributed by atoms with E-state index in [1.54, 1.807) is 24.3 Å². The number of halogens is 1. The molecule has 5 nitrogen and oxygen atoms in total. The van der Waals surface area contributed by atoms with Crippen LogP contribution in [0.3, 0.4) is 0 Å². The maximum absolute atomic E-state index is 12.2. The number of ketones is 2. The van der Waals surface area contributed by atoms with Crippen molar-refractivity contribution >= 4 is 29.1 Å². The summed E-state index contributed by atoms with van der Waals surface area (Å²) in [4.78, 5) is 36.1. The minimum atomic E-state index is -0.597. The summed E-state index contributed by atoms with van der Waals surface area (Å²) in [6.07, 6.45) is -0.0493. The average molecular weight is 389 g/mol. The fourth-order valence-electron chi connectivity index (χ4n) is 2.42. The smallest absolute Gasteiger partial charge is 0.306 e.